The second-order valence-electron chi connectivity index (χ2n) is 7.30. The summed E-state index contributed by atoms with van der Waals surface area (Å²) in [5, 5.41) is 4.18. The van der Waals surface area contributed by atoms with E-state index in [1.54, 1.807) is 19.0 Å². The minimum atomic E-state index is -0.00166. The molecule has 2 rings (SSSR count). The molecular formula is C21H35ClIN5O2. The topological polar surface area (TPSA) is 60.4 Å². The van der Waals surface area contributed by atoms with E-state index in [0.717, 1.165) is 69.9 Å². The van der Waals surface area contributed by atoms with Crippen molar-refractivity contribution in [3.05, 3.63) is 34.9 Å². The van der Waals surface area contributed by atoms with Gasteiger partial charge in [0.15, 0.2) is 5.96 Å². The van der Waals surface area contributed by atoms with Gasteiger partial charge in [-0.15, -0.1) is 24.0 Å². The predicted octanol–water partition coefficient (Wildman–Crippen LogP) is 2.54. The van der Waals surface area contributed by atoms with Crippen LogP contribution in [0.15, 0.2) is 29.3 Å². The first-order valence-electron chi connectivity index (χ1n) is 10.3. The lowest BCUT2D eigenvalue weighted by Crippen LogP contribution is -2.52. The Kier molecular flexibility index (Phi) is 13.3. The third-order valence-electron chi connectivity index (χ3n) is 4.78. The predicted molar refractivity (Wildman–Crippen MR) is 134 cm³/mol. The SMILES string of the molecule is CCOCCCNC(=NCC(=O)N(C)C)N1CCN(Cc2cccc(Cl)c2)CC1.I. The van der Waals surface area contributed by atoms with E-state index in [-0.39, 0.29) is 36.4 Å². The minimum absolute atomic E-state index is 0. The van der Waals surface area contributed by atoms with Crippen LogP contribution < -0.4 is 5.32 Å². The van der Waals surface area contributed by atoms with Crippen molar-refractivity contribution in [2.75, 3.05) is 66.6 Å². The highest BCUT2D eigenvalue weighted by Crippen LogP contribution is 2.14. The molecule has 0 aliphatic carbocycles. The van der Waals surface area contributed by atoms with Crippen LogP contribution in [0.1, 0.15) is 18.9 Å². The normalized spacial score (nSPS) is 14.9. The first kappa shape index (κ1) is 26.9. The zero-order chi connectivity index (χ0) is 21.1. The zero-order valence-electron chi connectivity index (χ0n) is 18.3. The number of amides is 1. The Morgan fingerprint density at radius 3 is 2.63 bits per heavy atom. The molecule has 9 heteroatoms. The number of hydrogen-bond donors (Lipinski definition) is 1. The summed E-state index contributed by atoms with van der Waals surface area (Å²) in [7, 11) is 3.50. The average Bonchev–Trinajstić information content (AvgIpc) is 2.70. The average molecular weight is 552 g/mol. The number of hydrogen-bond acceptors (Lipinski definition) is 4. The molecule has 0 unspecified atom stereocenters. The van der Waals surface area contributed by atoms with E-state index >= 15 is 0 Å². The van der Waals surface area contributed by atoms with E-state index in [1.165, 1.54) is 5.56 Å². The molecule has 0 bridgehead atoms. The van der Waals surface area contributed by atoms with Gasteiger partial charge in [0.05, 0.1) is 0 Å². The van der Waals surface area contributed by atoms with Crippen molar-refractivity contribution in [3.63, 3.8) is 0 Å². The number of nitrogens with zero attached hydrogens (tertiary/aromatic N) is 4. The molecule has 0 spiro atoms. The molecule has 0 saturated carbocycles. The van der Waals surface area contributed by atoms with Crippen molar-refractivity contribution in [1.82, 2.24) is 20.0 Å². The summed E-state index contributed by atoms with van der Waals surface area (Å²) >= 11 is 6.10. The van der Waals surface area contributed by atoms with E-state index < -0.39 is 0 Å². The lowest BCUT2D eigenvalue weighted by molar-refractivity contribution is -0.127. The number of nitrogens with one attached hydrogen (secondary N) is 1. The van der Waals surface area contributed by atoms with E-state index in [0.29, 0.717) is 0 Å². The number of guanidine groups is 1. The molecule has 30 heavy (non-hydrogen) atoms. The molecule has 1 amide bonds. The summed E-state index contributed by atoms with van der Waals surface area (Å²) in [5.41, 5.74) is 1.23. The highest BCUT2D eigenvalue weighted by Gasteiger charge is 2.20. The molecule has 1 aliphatic rings. The largest absolute Gasteiger partial charge is 0.382 e. The van der Waals surface area contributed by atoms with Gasteiger partial charge >= 0.3 is 0 Å². The van der Waals surface area contributed by atoms with Crippen molar-refractivity contribution in [2.24, 2.45) is 4.99 Å². The van der Waals surface area contributed by atoms with Crippen LogP contribution in [0.5, 0.6) is 0 Å². The summed E-state index contributed by atoms with van der Waals surface area (Å²) < 4.78 is 5.40. The summed E-state index contributed by atoms with van der Waals surface area (Å²) in [6.45, 7) is 8.89. The van der Waals surface area contributed by atoms with Gasteiger partial charge in [0.2, 0.25) is 5.91 Å². The summed E-state index contributed by atoms with van der Waals surface area (Å²) in [6, 6.07) is 8.02. The van der Waals surface area contributed by atoms with Gasteiger partial charge < -0.3 is 19.9 Å². The molecule has 0 aromatic heterocycles. The minimum Gasteiger partial charge on any atom is -0.382 e. The van der Waals surface area contributed by atoms with E-state index in [4.69, 9.17) is 16.3 Å². The van der Waals surface area contributed by atoms with Gasteiger partial charge in [-0.1, -0.05) is 23.7 Å². The number of likely N-dealkylation sites (N-methyl/N-ethyl adjacent to an activating group) is 1. The van der Waals surface area contributed by atoms with Crippen LogP contribution in [-0.2, 0) is 16.1 Å². The maximum atomic E-state index is 12.0. The summed E-state index contributed by atoms with van der Waals surface area (Å²) in [6.07, 6.45) is 0.906. The van der Waals surface area contributed by atoms with Gasteiger partial charge in [-0.2, -0.15) is 0 Å². The Balaban J connectivity index is 0.00000450. The zero-order valence-corrected chi connectivity index (χ0v) is 21.4. The van der Waals surface area contributed by atoms with Crippen molar-refractivity contribution in [3.8, 4) is 0 Å². The molecule has 1 N–H and O–H groups in total. The number of carbonyl (C=O) groups excluding carboxylic acids is 1. The molecule has 7 nitrogen and oxygen atoms in total. The van der Waals surface area contributed by atoms with E-state index in [2.05, 4.69) is 26.2 Å². The number of carbonyl (C=O) groups is 1. The molecular weight excluding hydrogens is 517 g/mol. The quantitative estimate of drug-likeness (QED) is 0.221. The molecule has 0 radical (unpaired) electrons. The van der Waals surface area contributed by atoms with E-state index in [9.17, 15) is 4.79 Å². The Morgan fingerprint density at radius 2 is 2.00 bits per heavy atom. The smallest absolute Gasteiger partial charge is 0.243 e. The van der Waals surface area contributed by atoms with Crippen molar-refractivity contribution >= 4 is 47.4 Å². The lowest BCUT2D eigenvalue weighted by Gasteiger charge is -2.36. The van der Waals surface area contributed by atoms with Crippen LogP contribution in [0.3, 0.4) is 0 Å². The van der Waals surface area contributed by atoms with Crippen molar-refractivity contribution < 1.29 is 9.53 Å². The number of ether oxygens (including phenoxy) is 1. The number of benzene rings is 1. The highest BCUT2D eigenvalue weighted by atomic mass is 127. The number of rotatable bonds is 9. The maximum Gasteiger partial charge on any atom is 0.243 e. The van der Waals surface area contributed by atoms with Crippen molar-refractivity contribution in [2.45, 2.75) is 19.9 Å². The Labute approximate surface area is 202 Å². The molecule has 1 fully saturated rings. The van der Waals surface area contributed by atoms with Crippen LogP contribution in [0, 0.1) is 0 Å². The first-order chi connectivity index (χ1) is 14.0. The Hall–Kier alpha value is -1.10. The van der Waals surface area contributed by atoms with Crippen molar-refractivity contribution in [1.29, 1.82) is 0 Å². The van der Waals surface area contributed by atoms with Crippen LogP contribution in [-0.4, -0.2) is 93.1 Å². The first-order valence-corrected chi connectivity index (χ1v) is 10.7. The third-order valence-corrected chi connectivity index (χ3v) is 5.02. The van der Waals surface area contributed by atoms with Crippen LogP contribution in [0.25, 0.3) is 0 Å². The second kappa shape index (κ2) is 14.8. The summed E-state index contributed by atoms with van der Waals surface area (Å²) in [5.74, 6) is 0.803. The number of halogens is 2. The highest BCUT2D eigenvalue weighted by molar-refractivity contribution is 14.0. The Morgan fingerprint density at radius 1 is 1.27 bits per heavy atom. The fourth-order valence-corrected chi connectivity index (χ4v) is 3.29. The van der Waals surface area contributed by atoms with Gasteiger partial charge in [0.1, 0.15) is 6.54 Å². The molecule has 1 heterocycles. The maximum absolute atomic E-state index is 12.0. The van der Waals surface area contributed by atoms with Crippen LogP contribution >= 0.6 is 35.6 Å². The second-order valence-corrected chi connectivity index (χ2v) is 7.73. The van der Waals surface area contributed by atoms with Gasteiger partial charge in [-0.3, -0.25) is 9.69 Å². The Bertz CT molecular complexity index is 667. The van der Waals surface area contributed by atoms with Gasteiger partial charge in [0, 0.05) is 71.6 Å². The molecule has 0 atom stereocenters. The monoisotopic (exact) mass is 551 g/mol. The third kappa shape index (κ3) is 9.80. The molecule has 1 aliphatic heterocycles. The molecule has 170 valence electrons. The van der Waals surface area contributed by atoms with Crippen LogP contribution in [0.2, 0.25) is 5.02 Å². The molecule has 1 aromatic carbocycles. The lowest BCUT2D eigenvalue weighted by atomic mass is 10.2. The van der Waals surface area contributed by atoms with Gasteiger partial charge in [-0.05, 0) is 31.0 Å². The number of aliphatic imine (C=N–C) groups is 1. The van der Waals surface area contributed by atoms with Gasteiger partial charge in [-0.25, -0.2) is 4.99 Å². The van der Waals surface area contributed by atoms with Crippen LogP contribution in [0.4, 0.5) is 0 Å². The van der Waals surface area contributed by atoms with Gasteiger partial charge in [0.25, 0.3) is 0 Å². The van der Waals surface area contributed by atoms with E-state index in [1.807, 2.05) is 25.1 Å². The standard InChI is InChI=1S/C21H34ClN5O2.HI/c1-4-29-14-6-9-23-21(24-16-20(28)25(2)3)27-12-10-26(11-13-27)17-18-7-5-8-19(22)15-18;/h5,7-8,15H,4,6,9-14,16-17H2,1-3H3,(H,23,24);1H. The molecule has 1 aromatic rings. The fraction of sp³-hybridized carbons (Fsp3) is 0.619. The number of piperazine rings is 1. The summed E-state index contributed by atoms with van der Waals surface area (Å²) in [4.78, 5) is 22.8. The molecule has 1 saturated heterocycles. The fourth-order valence-electron chi connectivity index (χ4n) is 3.08.